The fraction of sp³-hybridized carbons (Fsp3) is 0.900. The van der Waals surface area contributed by atoms with Crippen LogP contribution in [0, 0.1) is 0 Å². The van der Waals surface area contributed by atoms with Crippen LogP contribution in [0.5, 0.6) is 0 Å². The Kier molecular flexibility index (Phi) is 4.59. The monoisotopic (exact) mass is 249 g/mol. The van der Waals surface area contributed by atoms with E-state index in [0.717, 1.165) is 6.92 Å². The molecule has 0 saturated carbocycles. The summed E-state index contributed by atoms with van der Waals surface area (Å²) in [5.41, 5.74) is 5.49. The second-order valence-corrected chi connectivity index (χ2v) is 4.08. The molecule has 5 atom stereocenters. The van der Waals surface area contributed by atoms with Crippen molar-refractivity contribution in [2.75, 3.05) is 13.2 Å². The van der Waals surface area contributed by atoms with E-state index in [9.17, 15) is 20.1 Å². The summed E-state index contributed by atoms with van der Waals surface area (Å²) in [6, 6.07) is -1.40. The van der Waals surface area contributed by atoms with E-state index in [4.69, 9.17) is 15.2 Å². The average molecular weight is 249 g/mol. The van der Waals surface area contributed by atoms with Gasteiger partial charge in [0, 0.05) is 13.5 Å². The Morgan fingerprint density at radius 1 is 1.47 bits per heavy atom. The lowest BCUT2D eigenvalue weighted by Gasteiger charge is -2.45. The first-order valence-electron chi connectivity index (χ1n) is 5.45. The van der Waals surface area contributed by atoms with E-state index in [2.05, 4.69) is 0 Å². The van der Waals surface area contributed by atoms with Crippen molar-refractivity contribution in [2.24, 2.45) is 5.73 Å². The van der Waals surface area contributed by atoms with Crippen LogP contribution in [0.1, 0.15) is 13.8 Å². The lowest BCUT2D eigenvalue weighted by atomic mass is 9.89. The van der Waals surface area contributed by atoms with Gasteiger partial charge in [-0.1, -0.05) is 0 Å². The van der Waals surface area contributed by atoms with Gasteiger partial charge in [-0.25, -0.2) is 0 Å². The van der Waals surface area contributed by atoms with E-state index in [1.54, 1.807) is 6.92 Å². The van der Waals surface area contributed by atoms with Gasteiger partial charge >= 0.3 is 0 Å². The van der Waals surface area contributed by atoms with Gasteiger partial charge in [0.05, 0.1) is 12.6 Å². The number of hydrogen-bond acceptors (Lipinski definition) is 7. The predicted octanol–water partition coefficient (Wildman–Crippen LogP) is -2.25. The molecule has 1 saturated heterocycles. The molecule has 0 radical (unpaired) electrons. The first-order chi connectivity index (χ1) is 7.84. The molecule has 7 heteroatoms. The van der Waals surface area contributed by atoms with Crippen LogP contribution in [0.3, 0.4) is 0 Å². The maximum absolute atomic E-state index is 11.3. The normalized spacial score (nSPS) is 42.5. The summed E-state index contributed by atoms with van der Waals surface area (Å²) in [5.74, 6) is -3.02. The number of nitrogens with two attached hydrogens (primary N) is 1. The molecule has 0 aliphatic carbocycles. The van der Waals surface area contributed by atoms with Crippen molar-refractivity contribution in [3.63, 3.8) is 0 Å². The summed E-state index contributed by atoms with van der Waals surface area (Å²) < 4.78 is 10.1. The van der Waals surface area contributed by atoms with Crippen LogP contribution in [0.25, 0.3) is 0 Å². The zero-order valence-electron chi connectivity index (χ0n) is 9.87. The third-order valence-corrected chi connectivity index (χ3v) is 2.87. The second-order valence-electron chi connectivity index (χ2n) is 4.08. The Balaban J connectivity index is 2.86. The van der Waals surface area contributed by atoms with Gasteiger partial charge < -0.3 is 30.5 Å². The van der Waals surface area contributed by atoms with Gasteiger partial charge in [-0.2, -0.15) is 0 Å². The smallest absolute Gasteiger partial charge is 0.244 e. The number of aliphatic hydroxyl groups is 3. The highest BCUT2D eigenvalue weighted by atomic mass is 16.7. The van der Waals surface area contributed by atoms with Gasteiger partial charge in [-0.3, -0.25) is 4.79 Å². The zero-order chi connectivity index (χ0) is 13.2. The topological polar surface area (TPSA) is 122 Å². The first-order valence-corrected chi connectivity index (χ1v) is 5.45. The Morgan fingerprint density at radius 3 is 2.53 bits per heavy atom. The molecule has 0 spiro atoms. The fourth-order valence-corrected chi connectivity index (χ4v) is 1.73. The highest BCUT2D eigenvalue weighted by molar-refractivity contribution is 5.84. The maximum Gasteiger partial charge on any atom is 0.244 e. The maximum atomic E-state index is 11.3. The number of ketones is 1. The van der Waals surface area contributed by atoms with Crippen molar-refractivity contribution in [3.8, 4) is 0 Å². The quantitative estimate of drug-likeness (QED) is 0.444. The second kappa shape index (κ2) is 5.38. The summed E-state index contributed by atoms with van der Waals surface area (Å²) in [7, 11) is 0. The molecule has 17 heavy (non-hydrogen) atoms. The molecule has 5 N–H and O–H groups in total. The lowest BCUT2D eigenvalue weighted by Crippen LogP contribution is -2.70. The molecule has 0 aromatic heterocycles. The highest BCUT2D eigenvalue weighted by Gasteiger charge is 2.54. The number of Topliss-reactive ketones (excluding diaryl/α,β-unsaturated/α-hetero) is 1. The van der Waals surface area contributed by atoms with Crippen molar-refractivity contribution in [2.45, 2.75) is 44.0 Å². The minimum Gasteiger partial charge on any atom is -0.388 e. The Morgan fingerprint density at radius 2 is 2.06 bits per heavy atom. The van der Waals surface area contributed by atoms with Crippen LogP contribution in [-0.4, -0.2) is 64.5 Å². The predicted molar refractivity (Wildman–Crippen MR) is 57.0 cm³/mol. The molecule has 1 unspecified atom stereocenters. The van der Waals surface area contributed by atoms with Crippen LogP contribution in [0.15, 0.2) is 0 Å². The van der Waals surface area contributed by atoms with E-state index >= 15 is 0 Å². The SMILES string of the molecule is CCOC[C@H]1OC(O)(C(C)=O)[C@H](N)[C@@H](O)[C@@H]1O. The molecule has 0 aromatic carbocycles. The zero-order valence-corrected chi connectivity index (χ0v) is 9.87. The molecular weight excluding hydrogens is 230 g/mol. The summed E-state index contributed by atoms with van der Waals surface area (Å²) in [6.07, 6.45) is -3.77. The van der Waals surface area contributed by atoms with Crippen LogP contribution < -0.4 is 5.73 Å². The minimum atomic E-state index is -2.29. The number of hydrogen-bond donors (Lipinski definition) is 4. The number of rotatable bonds is 4. The van der Waals surface area contributed by atoms with Crippen molar-refractivity contribution in [1.82, 2.24) is 0 Å². The summed E-state index contributed by atoms with van der Waals surface area (Å²) >= 11 is 0. The van der Waals surface area contributed by atoms with Gasteiger partial charge in [0.1, 0.15) is 18.3 Å². The third kappa shape index (κ3) is 2.65. The molecule has 100 valence electrons. The van der Waals surface area contributed by atoms with Crippen molar-refractivity contribution < 1.29 is 29.6 Å². The number of ether oxygens (including phenoxy) is 2. The molecule has 1 rings (SSSR count). The summed E-state index contributed by atoms with van der Waals surface area (Å²) in [6.45, 7) is 3.18. The number of aliphatic hydroxyl groups excluding tert-OH is 2. The van der Waals surface area contributed by atoms with E-state index in [1.165, 1.54) is 0 Å². The molecule has 0 bridgehead atoms. The van der Waals surface area contributed by atoms with E-state index in [1.807, 2.05) is 0 Å². The Hall–Kier alpha value is -0.570. The van der Waals surface area contributed by atoms with Gasteiger partial charge in [0.2, 0.25) is 5.79 Å². The lowest BCUT2D eigenvalue weighted by molar-refractivity contribution is -0.298. The van der Waals surface area contributed by atoms with E-state index in [-0.39, 0.29) is 6.61 Å². The Labute approximate surface area is 99.1 Å². The first kappa shape index (κ1) is 14.5. The summed E-state index contributed by atoms with van der Waals surface area (Å²) in [4.78, 5) is 11.3. The summed E-state index contributed by atoms with van der Waals surface area (Å²) in [5, 5.41) is 29.3. The Bertz CT molecular complexity index is 286. The van der Waals surface area contributed by atoms with Gasteiger partial charge in [-0.05, 0) is 6.92 Å². The van der Waals surface area contributed by atoms with Crippen LogP contribution in [-0.2, 0) is 14.3 Å². The molecule has 1 aliphatic rings. The van der Waals surface area contributed by atoms with Crippen LogP contribution >= 0.6 is 0 Å². The third-order valence-electron chi connectivity index (χ3n) is 2.87. The van der Waals surface area contributed by atoms with E-state index < -0.39 is 35.9 Å². The van der Waals surface area contributed by atoms with Gasteiger partial charge in [0.15, 0.2) is 5.78 Å². The number of carbonyl (C=O) groups is 1. The van der Waals surface area contributed by atoms with Gasteiger partial charge in [-0.15, -0.1) is 0 Å². The largest absolute Gasteiger partial charge is 0.388 e. The minimum absolute atomic E-state index is 0.0446. The van der Waals surface area contributed by atoms with Crippen LogP contribution in [0.4, 0.5) is 0 Å². The number of carbonyl (C=O) groups excluding carboxylic acids is 1. The molecule has 1 fully saturated rings. The van der Waals surface area contributed by atoms with Crippen molar-refractivity contribution >= 4 is 5.78 Å². The van der Waals surface area contributed by atoms with Crippen molar-refractivity contribution in [1.29, 1.82) is 0 Å². The van der Waals surface area contributed by atoms with E-state index in [0.29, 0.717) is 6.61 Å². The van der Waals surface area contributed by atoms with Crippen LogP contribution in [0.2, 0.25) is 0 Å². The molecule has 1 heterocycles. The molecule has 1 aliphatic heterocycles. The van der Waals surface area contributed by atoms with Gasteiger partial charge in [0.25, 0.3) is 0 Å². The molecule has 0 aromatic rings. The molecule has 7 nitrogen and oxygen atoms in total. The average Bonchev–Trinajstić information content (AvgIpc) is 2.29. The molecular formula is C10H19NO6. The van der Waals surface area contributed by atoms with Crippen molar-refractivity contribution in [3.05, 3.63) is 0 Å². The fourth-order valence-electron chi connectivity index (χ4n) is 1.73. The highest BCUT2D eigenvalue weighted by Crippen LogP contribution is 2.27. The standard InChI is InChI=1S/C10H19NO6/c1-3-16-4-6-7(13)8(14)9(11)10(15,17-6)5(2)12/h6-9,13-15H,3-4,11H2,1-2H3/t6-,7-,8+,9-,10?/m1/s1. The molecule has 0 amide bonds.